The van der Waals surface area contributed by atoms with Gasteiger partial charge in [-0.25, -0.2) is 4.79 Å². The van der Waals surface area contributed by atoms with Gasteiger partial charge in [0.15, 0.2) is 0 Å². The van der Waals surface area contributed by atoms with Gasteiger partial charge >= 0.3 is 6.03 Å². The molecule has 2 N–H and O–H groups in total. The Labute approximate surface area is 160 Å². The van der Waals surface area contributed by atoms with Gasteiger partial charge in [0.1, 0.15) is 18.2 Å². The van der Waals surface area contributed by atoms with Crippen molar-refractivity contribution in [2.24, 2.45) is 0 Å². The molecule has 2 aromatic rings. The van der Waals surface area contributed by atoms with Crippen molar-refractivity contribution in [2.45, 2.75) is 12.5 Å². The molecule has 0 aliphatic carbocycles. The topological polar surface area (TPSA) is 102 Å². The average molecular weight is 383 g/mol. The molecule has 1 heterocycles. The van der Waals surface area contributed by atoms with Gasteiger partial charge in [-0.15, -0.1) is 0 Å². The van der Waals surface area contributed by atoms with E-state index in [0.29, 0.717) is 10.6 Å². The number of hydrogen-bond acceptors (Lipinski definition) is 4. The molecule has 8 heteroatoms. The largest absolute Gasteiger partial charge is 0.325 e. The summed E-state index contributed by atoms with van der Waals surface area (Å²) >= 11 is 5.89. The highest BCUT2D eigenvalue weighted by molar-refractivity contribution is 6.31. The summed E-state index contributed by atoms with van der Waals surface area (Å²) in [5.74, 6) is -1.14. The van der Waals surface area contributed by atoms with Crippen LogP contribution in [0.5, 0.6) is 0 Å². The van der Waals surface area contributed by atoms with Crippen LogP contribution in [0.15, 0.2) is 48.5 Å². The van der Waals surface area contributed by atoms with Crippen molar-refractivity contribution in [1.29, 1.82) is 5.26 Å². The van der Waals surface area contributed by atoms with Gasteiger partial charge in [-0.1, -0.05) is 41.9 Å². The number of carbonyl (C=O) groups excluding carboxylic acids is 3. The normalized spacial score (nSPS) is 18.8. The molecule has 4 amide bonds. The van der Waals surface area contributed by atoms with Crippen molar-refractivity contribution in [3.05, 3.63) is 64.7 Å². The number of imide groups is 1. The Kier molecular flexibility index (Phi) is 4.84. The van der Waals surface area contributed by atoms with Crippen molar-refractivity contribution in [3.63, 3.8) is 0 Å². The standard InChI is InChI=1S/C19H15ClN4O3/c1-19(13-5-3-2-4-6-13)17(26)24(18(27)23-19)11-16(25)22-15-9-14(20)8-7-12(15)10-21/h2-9H,11H2,1H3,(H,22,25)(H,23,27)/t19-/m0/s1. The molecule has 0 unspecified atom stereocenters. The molecule has 1 aliphatic rings. The van der Waals surface area contributed by atoms with Crippen molar-refractivity contribution >= 4 is 35.1 Å². The van der Waals surface area contributed by atoms with Gasteiger partial charge in [-0.05, 0) is 30.7 Å². The minimum absolute atomic E-state index is 0.216. The summed E-state index contributed by atoms with van der Waals surface area (Å²) in [5, 5.41) is 14.6. The molecule has 0 bridgehead atoms. The molecule has 1 atom stereocenters. The van der Waals surface area contributed by atoms with E-state index >= 15 is 0 Å². The second-order valence-electron chi connectivity index (χ2n) is 6.16. The van der Waals surface area contributed by atoms with Crippen molar-refractivity contribution < 1.29 is 14.4 Å². The van der Waals surface area contributed by atoms with Gasteiger partial charge in [0.25, 0.3) is 5.91 Å². The molecule has 3 rings (SSSR count). The lowest BCUT2D eigenvalue weighted by Crippen LogP contribution is -2.42. The minimum Gasteiger partial charge on any atom is -0.323 e. The predicted octanol–water partition coefficient (Wildman–Crippen LogP) is 2.62. The van der Waals surface area contributed by atoms with Crippen LogP contribution in [0.4, 0.5) is 10.5 Å². The van der Waals surface area contributed by atoms with E-state index in [4.69, 9.17) is 16.9 Å². The highest BCUT2D eigenvalue weighted by atomic mass is 35.5. The summed E-state index contributed by atoms with van der Waals surface area (Å²) in [6.45, 7) is 1.11. The van der Waals surface area contributed by atoms with E-state index in [-0.39, 0.29) is 11.3 Å². The molecule has 0 radical (unpaired) electrons. The lowest BCUT2D eigenvalue weighted by atomic mass is 9.92. The summed E-state index contributed by atoms with van der Waals surface area (Å²) in [6.07, 6.45) is 0. The van der Waals surface area contributed by atoms with Crippen LogP contribution < -0.4 is 10.6 Å². The summed E-state index contributed by atoms with van der Waals surface area (Å²) in [6, 6.07) is 14.5. The van der Waals surface area contributed by atoms with Gasteiger partial charge in [0, 0.05) is 5.02 Å². The van der Waals surface area contributed by atoms with Crippen LogP contribution in [0, 0.1) is 11.3 Å². The van der Waals surface area contributed by atoms with E-state index in [1.807, 2.05) is 6.07 Å². The summed E-state index contributed by atoms with van der Waals surface area (Å²) in [7, 11) is 0. The zero-order valence-corrected chi connectivity index (χ0v) is 15.1. The Morgan fingerprint density at radius 3 is 2.63 bits per heavy atom. The summed E-state index contributed by atoms with van der Waals surface area (Å²) in [4.78, 5) is 38.3. The smallest absolute Gasteiger partial charge is 0.323 e. The lowest BCUT2D eigenvalue weighted by Gasteiger charge is -2.22. The van der Waals surface area contributed by atoms with Crippen LogP contribution in [0.2, 0.25) is 5.02 Å². The van der Waals surface area contributed by atoms with E-state index in [2.05, 4.69) is 10.6 Å². The van der Waals surface area contributed by atoms with Crippen LogP contribution in [0.3, 0.4) is 0 Å². The molecule has 0 aromatic heterocycles. The van der Waals surface area contributed by atoms with Crippen molar-refractivity contribution in [1.82, 2.24) is 10.2 Å². The molecule has 136 valence electrons. The van der Waals surface area contributed by atoms with Gasteiger partial charge in [-0.2, -0.15) is 5.26 Å². The minimum atomic E-state index is -1.24. The number of urea groups is 1. The maximum atomic E-state index is 12.8. The number of rotatable bonds is 4. The molecule has 2 aromatic carbocycles. The van der Waals surface area contributed by atoms with Gasteiger partial charge in [0.2, 0.25) is 5.91 Å². The molecular weight excluding hydrogens is 368 g/mol. The van der Waals surface area contributed by atoms with E-state index in [9.17, 15) is 14.4 Å². The molecule has 0 saturated carbocycles. The first-order valence-electron chi connectivity index (χ1n) is 8.04. The number of nitrogens with one attached hydrogen (secondary N) is 2. The van der Waals surface area contributed by atoms with E-state index in [1.165, 1.54) is 18.2 Å². The second-order valence-corrected chi connectivity index (χ2v) is 6.60. The van der Waals surface area contributed by atoms with Crippen molar-refractivity contribution in [3.8, 4) is 6.07 Å². The third kappa shape index (κ3) is 3.48. The van der Waals surface area contributed by atoms with Crippen LogP contribution in [-0.4, -0.2) is 29.3 Å². The number of anilines is 1. The summed E-state index contributed by atoms with van der Waals surface area (Å²) in [5.41, 5.74) is -0.188. The molecule has 1 aliphatic heterocycles. The number of nitrogens with zero attached hydrogens (tertiary/aromatic N) is 2. The quantitative estimate of drug-likeness (QED) is 0.793. The fourth-order valence-corrected chi connectivity index (χ4v) is 3.03. The average Bonchev–Trinajstić information content (AvgIpc) is 2.87. The molecule has 27 heavy (non-hydrogen) atoms. The Morgan fingerprint density at radius 2 is 1.96 bits per heavy atom. The van der Waals surface area contributed by atoms with E-state index in [0.717, 1.165) is 4.90 Å². The number of carbonyl (C=O) groups is 3. The SMILES string of the molecule is C[C@@]1(c2ccccc2)NC(=O)N(CC(=O)Nc2cc(Cl)ccc2C#N)C1=O. The zero-order chi connectivity index (χ0) is 19.6. The third-order valence-electron chi connectivity index (χ3n) is 4.30. The van der Waals surface area contributed by atoms with Crippen LogP contribution in [0.25, 0.3) is 0 Å². The first-order valence-corrected chi connectivity index (χ1v) is 8.42. The molecule has 1 saturated heterocycles. The van der Waals surface area contributed by atoms with Crippen molar-refractivity contribution in [2.75, 3.05) is 11.9 Å². The van der Waals surface area contributed by atoms with Gasteiger partial charge in [0.05, 0.1) is 11.3 Å². The highest BCUT2D eigenvalue weighted by Crippen LogP contribution is 2.28. The first-order chi connectivity index (χ1) is 12.8. The maximum Gasteiger partial charge on any atom is 0.325 e. The van der Waals surface area contributed by atoms with E-state index < -0.39 is 29.9 Å². The number of nitriles is 1. The molecular formula is C19H15ClN4O3. The maximum absolute atomic E-state index is 12.8. The predicted molar refractivity (Wildman–Crippen MR) is 98.8 cm³/mol. The Hall–Kier alpha value is -3.37. The van der Waals surface area contributed by atoms with Crippen LogP contribution in [-0.2, 0) is 15.1 Å². The summed E-state index contributed by atoms with van der Waals surface area (Å²) < 4.78 is 0. The second kappa shape index (κ2) is 7.09. The molecule has 1 fully saturated rings. The Morgan fingerprint density at radius 1 is 1.26 bits per heavy atom. The molecule has 7 nitrogen and oxygen atoms in total. The molecule has 0 spiro atoms. The van der Waals surface area contributed by atoms with Crippen LogP contribution in [0.1, 0.15) is 18.1 Å². The Balaban J connectivity index is 1.77. The Bertz CT molecular complexity index is 971. The monoisotopic (exact) mass is 382 g/mol. The first kappa shape index (κ1) is 18.4. The number of hydrogen-bond donors (Lipinski definition) is 2. The zero-order valence-electron chi connectivity index (χ0n) is 14.3. The fourth-order valence-electron chi connectivity index (χ4n) is 2.86. The van der Waals surface area contributed by atoms with Crippen LogP contribution >= 0.6 is 11.6 Å². The highest BCUT2D eigenvalue weighted by Gasteiger charge is 2.49. The van der Waals surface area contributed by atoms with E-state index in [1.54, 1.807) is 37.3 Å². The fraction of sp³-hybridized carbons (Fsp3) is 0.158. The third-order valence-corrected chi connectivity index (χ3v) is 4.54. The number of halogens is 1. The number of benzene rings is 2. The van der Waals surface area contributed by atoms with Gasteiger partial charge in [-0.3, -0.25) is 14.5 Å². The lowest BCUT2D eigenvalue weighted by molar-refractivity contribution is -0.133. The van der Waals surface area contributed by atoms with Gasteiger partial charge < -0.3 is 10.6 Å². The number of amides is 4.